The largest absolute Gasteiger partial charge is 4.00 e. The molecule has 0 heterocycles. The molecule has 0 atom stereocenters. The molecular formula is C16H15ClOTi. The molecule has 3 rings (SSSR count). The Labute approximate surface area is 136 Å². The molecule has 0 saturated carbocycles. The standard InChI is InChI=1S/C6H6O.2C5H5.ClH.Ti/c7-6-4-2-1-3-5-6;2*1-2-4-5-3-1;;/h1-5,7H;2*1-3H,4H2;1H;/q;2*-1;;+4/p-2. The molecule has 96 valence electrons. The van der Waals surface area contributed by atoms with E-state index in [4.69, 9.17) is 0 Å². The van der Waals surface area contributed by atoms with E-state index in [1.54, 1.807) is 12.1 Å². The van der Waals surface area contributed by atoms with Crippen LogP contribution in [0.2, 0.25) is 0 Å². The normalized spacial score (nSPS) is 12.4. The van der Waals surface area contributed by atoms with Crippen molar-refractivity contribution in [3.05, 3.63) is 78.9 Å². The van der Waals surface area contributed by atoms with Crippen molar-refractivity contribution in [3.63, 3.8) is 0 Å². The first-order chi connectivity index (χ1) is 8.39. The maximum Gasteiger partial charge on any atom is 4.00 e. The Hall–Kier alpha value is -1.02. The monoisotopic (exact) mass is 306 g/mol. The fraction of sp³-hybridized carbons (Fsp3) is 0.125. The third-order valence-electron chi connectivity index (χ3n) is 1.91. The van der Waals surface area contributed by atoms with Crippen LogP contribution in [0.4, 0.5) is 0 Å². The van der Waals surface area contributed by atoms with E-state index in [0.29, 0.717) is 0 Å². The van der Waals surface area contributed by atoms with Crippen LogP contribution in [0, 0.1) is 12.2 Å². The molecular weight excluding hydrogens is 291 g/mol. The summed E-state index contributed by atoms with van der Waals surface area (Å²) in [7, 11) is 0. The molecule has 1 aromatic carbocycles. The zero-order chi connectivity index (χ0) is 12.2. The molecule has 0 spiro atoms. The predicted molar refractivity (Wildman–Crippen MR) is 69.0 cm³/mol. The van der Waals surface area contributed by atoms with E-state index in [1.165, 1.54) is 12.1 Å². The third-order valence-corrected chi connectivity index (χ3v) is 1.91. The van der Waals surface area contributed by atoms with Gasteiger partial charge < -0.3 is 17.5 Å². The Balaban J connectivity index is 0. The Bertz CT molecular complexity index is 366. The van der Waals surface area contributed by atoms with E-state index < -0.39 is 0 Å². The summed E-state index contributed by atoms with van der Waals surface area (Å²) in [5.74, 6) is 0.0718. The maximum absolute atomic E-state index is 10.3. The van der Waals surface area contributed by atoms with Crippen LogP contribution in [0.5, 0.6) is 5.75 Å². The predicted octanol–water partition coefficient (Wildman–Crippen LogP) is 0.373. The zero-order valence-electron chi connectivity index (χ0n) is 10.6. The molecule has 19 heavy (non-hydrogen) atoms. The van der Waals surface area contributed by atoms with E-state index in [0.717, 1.165) is 12.8 Å². The van der Waals surface area contributed by atoms with Crippen molar-refractivity contribution in [1.29, 1.82) is 0 Å². The number of halogens is 1. The van der Waals surface area contributed by atoms with E-state index in [9.17, 15) is 5.11 Å². The van der Waals surface area contributed by atoms with Gasteiger partial charge in [0.2, 0.25) is 0 Å². The average Bonchev–Trinajstić information content (AvgIpc) is 3.09. The third kappa shape index (κ3) is 13.2. The topological polar surface area (TPSA) is 23.1 Å². The van der Waals surface area contributed by atoms with Crippen molar-refractivity contribution in [2.45, 2.75) is 12.8 Å². The van der Waals surface area contributed by atoms with Gasteiger partial charge in [-0.25, -0.2) is 24.3 Å². The summed E-state index contributed by atoms with van der Waals surface area (Å²) in [4.78, 5) is 0. The first-order valence-corrected chi connectivity index (χ1v) is 5.55. The van der Waals surface area contributed by atoms with Crippen LogP contribution >= 0.6 is 0 Å². The second-order valence-electron chi connectivity index (χ2n) is 3.32. The van der Waals surface area contributed by atoms with Gasteiger partial charge in [-0.15, -0.1) is 18.6 Å². The van der Waals surface area contributed by atoms with Gasteiger partial charge in [-0.1, -0.05) is 30.3 Å². The van der Waals surface area contributed by atoms with Crippen LogP contribution in [0.25, 0.3) is 0 Å². The SMILES string of the molecule is [C-]1=CC=CC1.[C-]1=CC=CC1.[Cl-].[O-]c1ccccc1.[Ti+4]. The first kappa shape index (κ1) is 20.3. The van der Waals surface area contributed by atoms with Crippen molar-refractivity contribution < 1.29 is 39.2 Å². The van der Waals surface area contributed by atoms with Crippen LogP contribution in [-0.4, -0.2) is 0 Å². The zero-order valence-corrected chi connectivity index (χ0v) is 12.9. The van der Waals surface area contributed by atoms with Gasteiger partial charge in [-0.2, -0.15) is 12.2 Å². The quantitative estimate of drug-likeness (QED) is 0.502. The Morgan fingerprint density at radius 2 is 1.32 bits per heavy atom. The fourth-order valence-electron chi connectivity index (χ4n) is 1.10. The molecule has 1 aromatic rings. The maximum atomic E-state index is 10.3. The summed E-state index contributed by atoms with van der Waals surface area (Å²) in [6.45, 7) is 0. The smallest absolute Gasteiger partial charge is 1.00 e. The summed E-state index contributed by atoms with van der Waals surface area (Å²) in [6, 6.07) is 8.33. The van der Waals surface area contributed by atoms with Crippen LogP contribution in [0.3, 0.4) is 0 Å². The molecule has 0 fully saturated rings. The molecule has 3 heteroatoms. The van der Waals surface area contributed by atoms with Gasteiger partial charge >= 0.3 is 21.7 Å². The second kappa shape index (κ2) is 15.0. The molecule has 0 saturated heterocycles. The number of para-hydroxylation sites is 1. The summed E-state index contributed by atoms with van der Waals surface area (Å²) < 4.78 is 0. The molecule has 1 nitrogen and oxygen atoms in total. The van der Waals surface area contributed by atoms with Gasteiger partial charge in [-0.05, 0) is 0 Å². The van der Waals surface area contributed by atoms with Gasteiger partial charge in [0.05, 0.1) is 0 Å². The van der Waals surface area contributed by atoms with Crippen LogP contribution in [0.15, 0.2) is 66.8 Å². The van der Waals surface area contributed by atoms with E-state index >= 15 is 0 Å². The van der Waals surface area contributed by atoms with Crippen molar-refractivity contribution in [2.75, 3.05) is 0 Å². The summed E-state index contributed by atoms with van der Waals surface area (Å²) >= 11 is 0. The molecule has 0 radical (unpaired) electrons. The molecule has 0 aromatic heterocycles. The molecule has 0 unspecified atom stereocenters. The van der Waals surface area contributed by atoms with E-state index in [-0.39, 0.29) is 39.9 Å². The summed E-state index contributed by atoms with van der Waals surface area (Å²) in [5, 5.41) is 10.3. The van der Waals surface area contributed by atoms with Crippen molar-refractivity contribution >= 4 is 0 Å². The number of hydrogen-bond acceptors (Lipinski definition) is 1. The van der Waals surface area contributed by atoms with Gasteiger partial charge in [0.15, 0.2) is 0 Å². The fourth-order valence-corrected chi connectivity index (χ4v) is 1.10. The minimum atomic E-state index is 0. The Morgan fingerprint density at radius 1 is 0.842 bits per heavy atom. The second-order valence-corrected chi connectivity index (χ2v) is 3.32. The molecule has 0 bridgehead atoms. The average molecular weight is 307 g/mol. The van der Waals surface area contributed by atoms with E-state index in [1.807, 2.05) is 30.4 Å². The molecule has 0 N–H and O–H groups in total. The number of benzene rings is 1. The minimum Gasteiger partial charge on any atom is -1.00 e. The van der Waals surface area contributed by atoms with Crippen molar-refractivity contribution in [1.82, 2.24) is 0 Å². The van der Waals surface area contributed by atoms with Gasteiger partial charge in [-0.3, -0.25) is 12.2 Å². The van der Waals surface area contributed by atoms with Gasteiger partial charge in [0.1, 0.15) is 0 Å². The number of hydrogen-bond donors (Lipinski definition) is 0. The van der Waals surface area contributed by atoms with Crippen LogP contribution in [0.1, 0.15) is 12.8 Å². The molecule has 0 aliphatic heterocycles. The van der Waals surface area contributed by atoms with E-state index in [2.05, 4.69) is 24.3 Å². The summed E-state index contributed by atoms with van der Waals surface area (Å²) in [5.41, 5.74) is 0. The summed E-state index contributed by atoms with van der Waals surface area (Å²) in [6.07, 6.45) is 20.0. The van der Waals surface area contributed by atoms with Crippen LogP contribution < -0.4 is 17.5 Å². The number of allylic oxidation sites excluding steroid dienone is 8. The van der Waals surface area contributed by atoms with Crippen molar-refractivity contribution in [2.24, 2.45) is 0 Å². The van der Waals surface area contributed by atoms with Gasteiger partial charge in [0.25, 0.3) is 0 Å². The number of rotatable bonds is 0. The molecule has 2 aliphatic carbocycles. The first-order valence-electron chi connectivity index (χ1n) is 5.55. The molecule has 0 amide bonds. The Kier molecular flexibility index (Phi) is 16.1. The Morgan fingerprint density at radius 3 is 1.47 bits per heavy atom. The van der Waals surface area contributed by atoms with Crippen molar-refractivity contribution in [3.8, 4) is 5.75 Å². The van der Waals surface area contributed by atoms with Crippen LogP contribution in [-0.2, 0) is 21.7 Å². The molecule has 2 aliphatic rings. The van der Waals surface area contributed by atoms with Gasteiger partial charge in [0, 0.05) is 0 Å². The minimum absolute atomic E-state index is 0.